The smallest absolute Gasteiger partial charge is 0.0652 e. The largest absolute Gasteiger partial charge is 0.313 e. The zero-order chi connectivity index (χ0) is 13.7. The van der Waals surface area contributed by atoms with Crippen molar-refractivity contribution in [3.05, 3.63) is 47.3 Å². The fourth-order valence-corrected chi connectivity index (χ4v) is 2.19. The molecular weight excluding hydrogens is 234 g/mol. The molecule has 0 atom stereocenters. The summed E-state index contributed by atoms with van der Waals surface area (Å²) in [5, 5.41) is 8.05. The molecule has 0 amide bonds. The fourth-order valence-electron chi connectivity index (χ4n) is 2.19. The van der Waals surface area contributed by atoms with Gasteiger partial charge in [0.1, 0.15) is 0 Å². The van der Waals surface area contributed by atoms with Crippen molar-refractivity contribution in [2.45, 2.75) is 40.2 Å². The maximum Gasteiger partial charge on any atom is 0.0652 e. The van der Waals surface area contributed by atoms with E-state index in [2.05, 4.69) is 66.2 Å². The molecule has 0 radical (unpaired) electrons. The highest BCUT2D eigenvalue weighted by Gasteiger charge is 2.07. The second-order valence-corrected chi connectivity index (χ2v) is 4.70. The van der Waals surface area contributed by atoms with Crippen molar-refractivity contribution in [3.63, 3.8) is 0 Å². The molecule has 0 aliphatic rings. The molecule has 0 saturated heterocycles. The summed E-state index contributed by atoms with van der Waals surface area (Å²) in [5.41, 5.74) is 4.90. The maximum absolute atomic E-state index is 4.69. The Hall–Kier alpha value is -1.61. The first kappa shape index (κ1) is 13.8. The number of aromatic nitrogens is 2. The van der Waals surface area contributed by atoms with Crippen LogP contribution in [0.25, 0.3) is 5.69 Å². The second-order valence-electron chi connectivity index (χ2n) is 4.70. The SMILES string of the molecule is CCNCc1cccc(-n2nc(CC)cc2CC)c1. The van der Waals surface area contributed by atoms with Gasteiger partial charge in [-0.15, -0.1) is 0 Å². The Morgan fingerprint density at radius 1 is 1.11 bits per heavy atom. The minimum Gasteiger partial charge on any atom is -0.313 e. The number of rotatable bonds is 6. The summed E-state index contributed by atoms with van der Waals surface area (Å²) < 4.78 is 2.08. The molecule has 1 aromatic carbocycles. The van der Waals surface area contributed by atoms with Crippen molar-refractivity contribution in [2.24, 2.45) is 0 Å². The van der Waals surface area contributed by atoms with Crippen molar-refractivity contribution in [1.29, 1.82) is 0 Å². The highest BCUT2D eigenvalue weighted by Crippen LogP contribution is 2.15. The molecule has 19 heavy (non-hydrogen) atoms. The van der Waals surface area contributed by atoms with Gasteiger partial charge in [0.15, 0.2) is 0 Å². The van der Waals surface area contributed by atoms with Crippen molar-refractivity contribution in [3.8, 4) is 5.69 Å². The van der Waals surface area contributed by atoms with Crippen LogP contribution in [0, 0.1) is 0 Å². The van der Waals surface area contributed by atoms with E-state index in [1.807, 2.05) is 0 Å². The standard InChI is InChI=1S/C16H23N3/c1-4-14-11-15(5-2)19(18-14)16-9-7-8-13(10-16)12-17-6-3/h7-11,17H,4-6,12H2,1-3H3. The molecule has 2 rings (SSSR count). The molecule has 0 saturated carbocycles. The third-order valence-electron chi connectivity index (χ3n) is 3.29. The van der Waals surface area contributed by atoms with Gasteiger partial charge >= 0.3 is 0 Å². The Morgan fingerprint density at radius 3 is 2.63 bits per heavy atom. The molecule has 0 aliphatic heterocycles. The number of aryl methyl sites for hydroxylation is 2. The van der Waals surface area contributed by atoms with Crippen molar-refractivity contribution < 1.29 is 0 Å². The molecule has 2 aromatic rings. The van der Waals surface area contributed by atoms with Crippen LogP contribution in [0.1, 0.15) is 37.7 Å². The first-order valence-corrected chi connectivity index (χ1v) is 7.16. The molecular formula is C16H23N3. The second kappa shape index (κ2) is 6.53. The van der Waals surface area contributed by atoms with E-state index in [0.717, 1.165) is 37.3 Å². The Bertz CT molecular complexity index is 529. The van der Waals surface area contributed by atoms with Crippen LogP contribution in [-0.4, -0.2) is 16.3 Å². The maximum atomic E-state index is 4.69. The van der Waals surface area contributed by atoms with E-state index in [1.165, 1.54) is 11.3 Å². The predicted molar refractivity (Wildman–Crippen MR) is 79.7 cm³/mol. The van der Waals surface area contributed by atoms with E-state index in [1.54, 1.807) is 0 Å². The summed E-state index contributed by atoms with van der Waals surface area (Å²) in [4.78, 5) is 0. The molecule has 0 spiro atoms. The van der Waals surface area contributed by atoms with Crippen LogP contribution < -0.4 is 5.32 Å². The normalized spacial score (nSPS) is 10.9. The van der Waals surface area contributed by atoms with Crippen LogP contribution in [0.5, 0.6) is 0 Å². The average molecular weight is 257 g/mol. The number of hydrogen-bond acceptors (Lipinski definition) is 2. The lowest BCUT2D eigenvalue weighted by atomic mass is 10.2. The Kier molecular flexibility index (Phi) is 4.74. The lowest BCUT2D eigenvalue weighted by Gasteiger charge is -2.08. The topological polar surface area (TPSA) is 29.9 Å². The number of hydrogen-bond donors (Lipinski definition) is 1. The Morgan fingerprint density at radius 2 is 1.95 bits per heavy atom. The average Bonchev–Trinajstić information content (AvgIpc) is 2.89. The van der Waals surface area contributed by atoms with Crippen molar-refractivity contribution in [2.75, 3.05) is 6.54 Å². The van der Waals surface area contributed by atoms with Gasteiger partial charge in [-0.3, -0.25) is 0 Å². The van der Waals surface area contributed by atoms with E-state index in [0.29, 0.717) is 0 Å². The summed E-state index contributed by atoms with van der Waals surface area (Å²) in [7, 11) is 0. The highest BCUT2D eigenvalue weighted by molar-refractivity contribution is 5.37. The minimum absolute atomic E-state index is 0.910. The van der Waals surface area contributed by atoms with Crippen LogP contribution in [0.2, 0.25) is 0 Å². The molecule has 102 valence electrons. The van der Waals surface area contributed by atoms with E-state index in [-0.39, 0.29) is 0 Å². The van der Waals surface area contributed by atoms with Gasteiger partial charge in [0.05, 0.1) is 11.4 Å². The van der Waals surface area contributed by atoms with Crippen LogP contribution in [0.15, 0.2) is 30.3 Å². The van der Waals surface area contributed by atoms with Gasteiger partial charge in [0.2, 0.25) is 0 Å². The summed E-state index contributed by atoms with van der Waals surface area (Å²) in [6.07, 6.45) is 1.99. The molecule has 0 aliphatic carbocycles. The summed E-state index contributed by atoms with van der Waals surface area (Å²) in [6.45, 7) is 8.35. The fraction of sp³-hybridized carbons (Fsp3) is 0.438. The minimum atomic E-state index is 0.910. The van der Waals surface area contributed by atoms with Crippen molar-refractivity contribution in [1.82, 2.24) is 15.1 Å². The Labute approximate surface area is 115 Å². The van der Waals surface area contributed by atoms with Gasteiger partial charge in [-0.05, 0) is 43.1 Å². The van der Waals surface area contributed by atoms with Crippen LogP contribution in [-0.2, 0) is 19.4 Å². The molecule has 0 bridgehead atoms. The third-order valence-corrected chi connectivity index (χ3v) is 3.29. The van der Waals surface area contributed by atoms with Gasteiger partial charge in [0, 0.05) is 12.2 Å². The molecule has 0 fully saturated rings. The summed E-state index contributed by atoms with van der Waals surface area (Å²) in [6, 6.07) is 10.8. The summed E-state index contributed by atoms with van der Waals surface area (Å²) >= 11 is 0. The van der Waals surface area contributed by atoms with E-state index < -0.39 is 0 Å². The number of nitrogens with one attached hydrogen (secondary N) is 1. The van der Waals surface area contributed by atoms with Crippen LogP contribution in [0.3, 0.4) is 0 Å². The lowest BCUT2D eigenvalue weighted by molar-refractivity contribution is 0.724. The molecule has 0 unspecified atom stereocenters. The predicted octanol–water partition coefficient (Wildman–Crippen LogP) is 3.11. The lowest BCUT2D eigenvalue weighted by Crippen LogP contribution is -2.12. The number of nitrogens with zero attached hydrogens (tertiary/aromatic N) is 2. The molecule has 3 heteroatoms. The molecule has 1 aromatic heterocycles. The molecule has 1 N–H and O–H groups in total. The zero-order valence-electron chi connectivity index (χ0n) is 12.1. The number of benzene rings is 1. The van der Waals surface area contributed by atoms with E-state index in [4.69, 9.17) is 0 Å². The first-order valence-electron chi connectivity index (χ1n) is 7.16. The molecule has 3 nitrogen and oxygen atoms in total. The first-order chi connectivity index (χ1) is 9.28. The quantitative estimate of drug-likeness (QED) is 0.861. The van der Waals surface area contributed by atoms with E-state index in [9.17, 15) is 0 Å². The zero-order valence-corrected chi connectivity index (χ0v) is 12.1. The van der Waals surface area contributed by atoms with E-state index >= 15 is 0 Å². The summed E-state index contributed by atoms with van der Waals surface area (Å²) in [5.74, 6) is 0. The van der Waals surface area contributed by atoms with Crippen LogP contribution in [0.4, 0.5) is 0 Å². The van der Waals surface area contributed by atoms with Gasteiger partial charge in [-0.25, -0.2) is 4.68 Å². The third kappa shape index (κ3) is 3.24. The van der Waals surface area contributed by atoms with Crippen LogP contribution >= 0.6 is 0 Å². The van der Waals surface area contributed by atoms with Gasteiger partial charge in [-0.2, -0.15) is 5.10 Å². The monoisotopic (exact) mass is 257 g/mol. The molecule has 1 heterocycles. The van der Waals surface area contributed by atoms with Gasteiger partial charge in [-0.1, -0.05) is 32.9 Å². The van der Waals surface area contributed by atoms with Gasteiger partial charge in [0.25, 0.3) is 0 Å². The van der Waals surface area contributed by atoms with Gasteiger partial charge < -0.3 is 5.32 Å². The highest BCUT2D eigenvalue weighted by atomic mass is 15.3. The van der Waals surface area contributed by atoms with Crippen molar-refractivity contribution >= 4 is 0 Å². The Balaban J connectivity index is 2.32.